The molecule has 1 aliphatic carbocycles. The van der Waals surface area contributed by atoms with E-state index in [1.54, 1.807) is 0 Å². The molecule has 0 aliphatic heterocycles. The third-order valence-electron chi connectivity index (χ3n) is 4.21. The zero-order valence-electron chi connectivity index (χ0n) is 13.9. The average Bonchev–Trinajstić information content (AvgIpc) is 3.33. The summed E-state index contributed by atoms with van der Waals surface area (Å²) in [6.07, 6.45) is 1.57. The van der Waals surface area contributed by atoms with Crippen molar-refractivity contribution in [1.29, 1.82) is 0 Å². The lowest BCUT2D eigenvalue weighted by Gasteiger charge is -2.10. The van der Waals surface area contributed by atoms with Gasteiger partial charge in [0, 0.05) is 16.1 Å². The van der Waals surface area contributed by atoms with Crippen LogP contribution in [0.25, 0.3) is 11.4 Å². The molecular weight excluding hydrogens is 418 g/mol. The average molecular weight is 432 g/mol. The molecule has 0 bridgehead atoms. The number of nitrogens with one attached hydrogen (secondary N) is 1. The van der Waals surface area contributed by atoms with E-state index in [0.717, 1.165) is 27.7 Å². The number of H-pyrrole nitrogens is 1. The predicted octanol–water partition coefficient (Wildman–Crippen LogP) is 0.753. The highest BCUT2D eigenvalue weighted by Gasteiger charge is 2.30. The number of benzene rings is 1. The van der Waals surface area contributed by atoms with Gasteiger partial charge in [-0.05, 0) is 42.3 Å². The first-order chi connectivity index (χ1) is 12.9. The molecule has 4 rings (SSSR count). The molecule has 1 fully saturated rings. The maximum atomic E-state index is 12.6. The molecule has 0 unspecified atom stereocenters. The van der Waals surface area contributed by atoms with E-state index in [2.05, 4.69) is 36.3 Å². The van der Waals surface area contributed by atoms with E-state index in [1.165, 1.54) is 4.57 Å². The number of ketones is 1. The van der Waals surface area contributed by atoms with Crippen molar-refractivity contribution in [3.8, 4) is 11.4 Å². The Bertz CT molecular complexity index is 1140. The standard InChI is InChI=1S/C16H14BrN7O3/c17-9-3-1-8(2-4-9)14-20-22-23(21-14)7-11(25)12-13(18)24(10-5-6-10)16(27)19-15(12)26/h1-4,10H,5-7,18H2,(H,19,26,27). The number of anilines is 1. The van der Waals surface area contributed by atoms with Gasteiger partial charge in [0.25, 0.3) is 5.56 Å². The number of carbonyl (C=O) groups excluding carboxylic acids is 1. The number of halogens is 1. The van der Waals surface area contributed by atoms with E-state index >= 15 is 0 Å². The van der Waals surface area contributed by atoms with Crippen LogP contribution in [0.15, 0.2) is 38.3 Å². The van der Waals surface area contributed by atoms with Gasteiger partial charge in [0.15, 0.2) is 5.78 Å². The molecule has 0 radical (unpaired) electrons. The van der Waals surface area contributed by atoms with E-state index in [4.69, 9.17) is 5.73 Å². The molecule has 0 saturated heterocycles. The van der Waals surface area contributed by atoms with Gasteiger partial charge < -0.3 is 5.73 Å². The minimum atomic E-state index is -0.812. The van der Waals surface area contributed by atoms with Gasteiger partial charge in [0.2, 0.25) is 5.82 Å². The molecule has 10 nitrogen and oxygen atoms in total. The van der Waals surface area contributed by atoms with Crippen molar-refractivity contribution in [3.63, 3.8) is 0 Å². The molecule has 0 amide bonds. The minimum Gasteiger partial charge on any atom is -0.384 e. The Kier molecular flexibility index (Phi) is 4.22. The second-order valence-electron chi connectivity index (χ2n) is 6.19. The predicted molar refractivity (Wildman–Crippen MR) is 99.3 cm³/mol. The van der Waals surface area contributed by atoms with Crippen LogP contribution in [0.1, 0.15) is 29.2 Å². The SMILES string of the molecule is Nc1c(C(=O)Cn2nnc(-c3ccc(Br)cc3)n2)c(=O)[nH]c(=O)n1C1CC1. The second-order valence-corrected chi connectivity index (χ2v) is 7.11. The third kappa shape index (κ3) is 3.33. The quantitative estimate of drug-likeness (QED) is 0.567. The van der Waals surface area contributed by atoms with E-state index in [1.807, 2.05) is 24.3 Å². The van der Waals surface area contributed by atoms with Crippen LogP contribution in [0.3, 0.4) is 0 Å². The van der Waals surface area contributed by atoms with Crippen LogP contribution in [-0.2, 0) is 6.54 Å². The molecular formula is C16H14BrN7O3. The Morgan fingerprint density at radius 3 is 2.63 bits per heavy atom. The van der Waals surface area contributed by atoms with E-state index in [0.29, 0.717) is 5.82 Å². The number of tetrazole rings is 1. The number of aromatic nitrogens is 6. The van der Waals surface area contributed by atoms with Crippen molar-refractivity contribution < 1.29 is 4.79 Å². The molecule has 2 heterocycles. The van der Waals surface area contributed by atoms with Crippen molar-refractivity contribution in [2.24, 2.45) is 0 Å². The summed E-state index contributed by atoms with van der Waals surface area (Å²) >= 11 is 3.35. The van der Waals surface area contributed by atoms with Gasteiger partial charge >= 0.3 is 5.69 Å². The normalized spacial score (nSPS) is 13.7. The highest BCUT2D eigenvalue weighted by molar-refractivity contribution is 9.10. The smallest absolute Gasteiger partial charge is 0.330 e. The fraction of sp³-hybridized carbons (Fsp3) is 0.250. The summed E-state index contributed by atoms with van der Waals surface area (Å²) in [5.74, 6) is -0.368. The van der Waals surface area contributed by atoms with Gasteiger partial charge in [-0.3, -0.25) is 19.1 Å². The lowest BCUT2D eigenvalue weighted by Crippen LogP contribution is -2.36. The number of nitrogens with zero attached hydrogens (tertiary/aromatic N) is 5. The van der Waals surface area contributed by atoms with Crippen molar-refractivity contribution >= 4 is 27.5 Å². The lowest BCUT2D eigenvalue weighted by atomic mass is 10.2. The largest absolute Gasteiger partial charge is 0.384 e. The topological polar surface area (TPSA) is 142 Å². The Balaban J connectivity index is 1.62. The number of rotatable bonds is 5. The molecule has 2 aromatic heterocycles. The minimum absolute atomic E-state index is 0.0746. The van der Waals surface area contributed by atoms with Gasteiger partial charge in [-0.2, -0.15) is 4.80 Å². The number of hydrogen-bond donors (Lipinski definition) is 2. The molecule has 0 atom stereocenters. The zero-order chi connectivity index (χ0) is 19.1. The molecule has 0 spiro atoms. The van der Waals surface area contributed by atoms with Gasteiger partial charge in [0.05, 0.1) is 0 Å². The van der Waals surface area contributed by atoms with Crippen LogP contribution in [0.4, 0.5) is 5.82 Å². The number of nitrogens with two attached hydrogens (primary N) is 1. The molecule has 3 N–H and O–H groups in total. The second kappa shape index (κ2) is 6.58. The van der Waals surface area contributed by atoms with Crippen LogP contribution >= 0.6 is 15.9 Å². The Morgan fingerprint density at radius 2 is 1.96 bits per heavy atom. The summed E-state index contributed by atoms with van der Waals surface area (Å²) in [4.78, 5) is 39.9. The maximum Gasteiger partial charge on any atom is 0.330 e. The molecule has 1 aromatic carbocycles. The highest BCUT2D eigenvalue weighted by atomic mass is 79.9. The van der Waals surface area contributed by atoms with Crippen LogP contribution in [0.5, 0.6) is 0 Å². The summed E-state index contributed by atoms with van der Waals surface area (Å²) < 4.78 is 2.17. The van der Waals surface area contributed by atoms with E-state index < -0.39 is 17.0 Å². The van der Waals surface area contributed by atoms with Crippen LogP contribution in [0, 0.1) is 0 Å². The summed E-state index contributed by atoms with van der Waals surface area (Å²) in [6.45, 7) is -0.320. The molecule has 138 valence electrons. The van der Waals surface area contributed by atoms with Gasteiger partial charge in [-0.25, -0.2) is 4.79 Å². The monoisotopic (exact) mass is 431 g/mol. The number of Topliss-reactive ketones (excluding diaryl/α,β-unsaturated/α-hetero) is 1. The summed E-state index contributed by atoms with van der Waals surface area (Å²) in [5, 5.41) is 11.9. The first kappa shape index (κ1) is 17.3. The Morgan fingerprint density at radius 1 is 1.26 bits per heavy atom. The molecule has 27 heavy (non-hydrogen) atoms. The van der Waals surface area contributed by atoms with E-state index in [9.17, 15) is 14.4 Å². The first-order valence-electron chi connectivity index (χ1n) is 8.15. The van der Waals surface area contributed by atoms with Crippen molar-refractivity contribution in [3.05, 3.63) is 55.1 Å². The Hall–Kier alpha value is -3.08. The maximum absolute atomic E-state index is 12.6. The fourth-order valence-corrected chi connectivity index (χ4v) is 3.03. The van der Waals surface area contributed by atoms with Crippen LogP contribution in [-0.4, -0.2) is 35.5 Å². The van der Waals surface area contributed by atoms with Gasteiger partial charge in [-0.1, -0.05) is 15.9 Å². The number of carbonyl (C=O) groups is 1. The first-order valence-corrected chi connectivity index (χ1v) is 8.94. The van der Waals surface area contributed by atoms with Crippen molar-refractivity contribution in [2.75, 3.05) is 5.73 Å². The number of hydrogen-bond acceptors (Lipinski definition) is 7. The lowest BCUT2D eigenvalue weighted by molar-refractivity contribution is 0.0960. The Labute approximate surface area is 160 Å². The number of aromatic amines is 1. The summed E-state index contributed by atoms with van der Waals surface area (Å²) in [7, 11) is 0. The van der Waals surface area contributed by atoms with Crippen molar-refractivity contribution in [2.45, 2.75) is 25.4 Å². The number of nitrogen functional groups attached to an aromatic ring is 1. The molecule has 1 aliphatic rings. The molecule has 11 heteroatoms. The van der Waals surface area contributed by atoms with E-state index in [-0.39, 0.29) is 24.0 Å². The zero-order valence-corrected chi connectivity index (χ0v) is 15.5. The van der Waals surface area contributed by atoms with Crippen molar-refractivity contribution in [1.82, 2.24) is 29.8 Å². The van der Waals surface area contributed by atoms with Crippen LogP contribution in [0.2, 0.25) is 0 Å². The third-order valence-corrected chi connectivity index (χ3v) is 4.74. The van der Waals surface area contributed by atoms with Crippen LogP contribution < -0.4 is 17.0 Å². The molecule has 3 aromatic rings. The van der Waals surface area contributed by atoms with Gasteiger partial charge in [0.1, 0.15) is 17.9 Å². The summed E-state index contributed by atoms with van der Waals surface area (Å²) in [5.41, 5.74) is 5.00. The molecule has 1 saturated carbocycles. The highest BCUT2D eigenvalue weighted by Crippen LogP contribution is 2.35. The fourth-order valence-electron chi connectivity index (χ4n) is 2.76. The van der Waals surface area contributed by atoms with Gasteiger partial charge in [-0.15, -0.1) is 10.2 Å². The summed E-state index contributed by atoms with van der Waals surface area (Å²) in [6, 6.07) is 7.21.